The van der Waals surface area contributed by atoms with E-state index in [1.165, 1.54) is 0 Å². The van der Waals surface area contributed by atoms with Crippen molar-refractivity contribution < 1.29 is 14.7 Å². The first-order valence-corrected chi connectivity index (χ1v) is 12.1. The van der Waals surface area contributed by atoms with Crippen molar-refractivity contribution in [1.29, 1.82) is 0 Å². The second-order valence-electron chi connectivity index (χ2n) is 7.14. The van der Waals surface area contributed by atoms with Gasteiger partial charge in [0.1, 0.15) is 0 Å². The fourth-order valence-corrected chi connectivity index (χ4v) is 4.66. The normalized spacial score (nSPS) is 12.0. The molecule has 0 aliphatic heterocycles. The van der Waals surface area contributed by atoms with Crippen molar-refractivity contribution in [2.75, 3.05) is 18.8 Å². The molecule has 0 saturated carbocycles. The molecule has 0 fully saturated rings. The highest BCUT2D eigenvalue weighted by atomic mass is 79.9. The van der Waals surface area contributed by atoms with Crippen LogP contribution in [0.2, 0.25) is 0 Å². The van der Waals surface area contributed by atoms with E-state index in [1.807, 2.05) is 29.2 Å². The summed E-state index contributed by atoms with van der Waals surface area (Å²) >= 11 is 5.10. The SMILES string of the molecule is CCCCCN(CCCCC)C(=O)C(CCC(=O)O)CSc1cccc(Br)c1. The van der Waals surface area contributed by atoms with Crippen LogP contribution >= 0.6 is 27.7 Å². The van der Waals surface area contributed by atoms with Crippen molar-refractivity contribution >= 4 is 39.6 Å². The van der Waals surface area contributed by atoms with Gasteiger partial charge in [0.25, 0.3) is 0 Å². The third-order valence-electron chi connectivity index (χ3n) is 4.68. The van der Waals surface area contributed by atoms with Crippen LogP contribution in [-0.2, 0) is 9.59 Å². The minimum atomic E-state index is -0.839. The highest BCUT2D eigenvalue weighted by Crippen LogP contribution is 2.26. The Labute approximate surface area is 182 Å². The van der Waals surface area contributed by atoms with Crippen molar-refractivity contribution in [3.05, 3.63) is 28.7 Å². The van der Waals surface area contributed by atoms with E-state index in [-0.39, 0.29) is 18.2 Å². The average molecular weight is 472 g/mol. The summed E-state index contributed by atoms with van der Waals surface area (Å²) in [7, 11) is 0. The molecule has 0 saturated heterocycles. The van der Waals surface area contributed by atoms with Gasteiger partial charge in [0.2, 0.25) is 5.91 Å². The lowest BCUT2D eigenvalue weighted by Crippen LogP contribution is -2.39. The van der Waals surface area contributed by atoms with Crippen molar-refractivity contribution in [3.8, 4) is 0 Å². The number of unbranched alkanes of at least 4 members (excludes halogenated alkanes) is 4. The van der Waals surface area contributed by atoms with Crippen molar-refractivity contribution in [2.45, 2.75) is 70.1 Å². The Hall–Kier alpha value is -1.01. The molecule has 158 valence electrons. The fraction of sp³-hybridized carbons (Fsp3) is 0.636. The second-order valence-corrected chi connectivity index (χ2v) is 9.15. The zero-order valence-electron chi connectivity index (χ0n) is 17.2. The molecule has 1 aromatic rings. The number of rotatable bonds is 15. The number of amides is 1. The van der Waals surface area contributed by atoms with E-state index >= 15 is 0 Å². The molecule has 0 aliphatic carbocycles. The third-order valence-corrected chi connectivity index (χ3v) is 6.33. The van der Waals surface area contributed by atoms with Gasteiger partial charge in [-0.3, -0.25) is 9.59 Å². The highest BCUT2D eigenvalue weighted by molar-refractivity contribution is 9.10. The van der Waals surface area contributed by atoms with Crippen molar-refractivity contribution in [1.82, 2.24) is 4.90 Å². The number of hydrogen-bond donors (Lipinski definition) is 1. The molecule has 0 radical (unpaired) electrons. The highest BCUT2D eigenvalue weighted by Gasteiger charge is 2.25. The summed E-state index contributed by atoms with van der Waals surface area (Å²) in [4.78, 5) is 27.4. The van der Waals surface area contributed by atoms with Gasteiger partial charge in [-0.2, -0.15) is 0 Å². The zero-order chi connectivity index (χ0) is 20.8. The summed E-state index contributed by atoms with van der Waals surface area (Å²) < 4.78 is 1.01. The maximum absolute atomic E-state index is 13.2. The minimum Gasteiger partial charge on any atom is -0.481 e. The molecule has 1 aromatic carbocycles. The van der Waals surface area contributed by atoms with E-state index in [0.717, 1.165) is 61.0 Å². The Kier molecular flexibility index (Phi) is 13.3. The number of carboxylic acid groups (broad SMARTS) is 1. The summed E-state index contributed by atoms with van der Waals surface area (Å²) in [6, 6.07) is 8.00. The van der Waals surface area contributed by atoms with Crippen LogP contribution in [0.15, 0.2) is 33.6 Å². The molecule has 0 spiro atoms. The van der Waals surface area contributed by atoms with Crippen LogP contribution in [0.3, 0.4) is 0 Å². The summed E-state index contributed by atoms with van der Waals surface area (Å²) in [6.45, 7) is 5.88. The molecule has 1 amide bonds. The van der Waals surface area contributed by atoms with Crippen LogP contribution in [0, 0.1) is 5.92 Å². The first kappa shape index (κ1) is 25.0. The third kappa shape index (κ3) is 10.5. The molecular weight excluding hydrogens is 438 g/mol. The molecule has 6 heteroatoms. The number of halogens is 1. The van der Waals surface area contributed by atoms with Gasteiger partial charge in [-0.15, -0.1) is 11.8 Å². The minimum absolute atomic E-state index is 0.0349. The van der Waals surface area contributed by atoms with Gasteiger partial charge in [0.15, 0.2) is 0 Å². The number of carbonyl (C=O) groups excluding carboxylic acids is 1. The second kappa shape index (κ2) is 14.9. The number of benzene rings is 1. The quantitative estimate of drug-likeness (QED) is 0.243. The monoisotopic (exact) mass is 471 g/mol. The Morgan fingerprint density at radius 1 is 1.11 bits per heavy atom. The predicted octanol–water partition coefficient (Wildman–Crippen LogP) is 6.23. The number of carbonyl (C=O) groups is 2. The van der Waals surface area contributed by atoms with E-state index in [4.69, 9.17) is 5.11 Å². The molecule has 1 rings (SSSR count). The van der Waals surface area contributed by atoms with Crippen LogP contribution < -0.4 is 0 Å². The maximum atomic E-state index is 13.2. The van der Waals surface area contributed by atoms with E-state index < -0.39 is 5.97 Å². The van der Waals surface area contributed by atoms with Gasteiger partial charge in [-0.25, -0.2) is 0 Å². The Morgan fingerprint density at radius 2 is 1.75 bits per heavy atom. The Bertz CT molecular complexity index is 587. The molecule has 0 bridgehead atoms. The van der Waals surface area contributed by atoms with Crippen LogP contribution in [0.1, 0.15) is 65.2 Å². The number of aliphatic carboxylic acids is 1. The lowest BCUT2D eigenvalue weighted by molar-refractivity contribution is -0.138. The van der Waals surface area contributed by atoms with E-state index in [2.05, 4.69) is 29.8 Å². The molecular formula is C22H34BrNO3S. The first-order chi connectivity index (χ1) is 13.5. The predicted molar refractivity (Wildman–Crippen MR) is 121 cm³/mol. The number of hydrogen-bond acceptors (Lipinski definition) is 3. The van der Waals surface area contributed by atoms with E-state index in [0.29, 0.717) is 12.2 Å². The molecule has 0 aromatic heterocycles. The summed E-state index contributed by atoms with van der Waals surface area (Å²) in [5, 5.41) is 9.11. The lowest BCUT2D eigenvalue weighted by atomic mass is 10.0. The molecule has 0 heterocycles. The van der Waals surface area contributed by atoms with Gasteiger partial charge in [-0.05, 0) is 37.5 Å². The largest absolute Gasteiger partial charge is 0.481 e. The number of carboxylic acids is 1. The standard InChI is InChI=1S/C22H34BrNO3S/c1-3-5-7-14-24(15-8-6-4-2)22(27)18(12-13-21(25)26)17-28-20-11-9-10-19(23)16-20/h9-11,16,18H,3-8,12-15,17H2,1-2H3,(H,25,26). The topological polar surface area (TPSA) is 57.6 Å². The Balaban J connectivity index is 2.79. The lowest BCUT2D eigenvalue weighted by Gasteiger charge is -2.27. The van der Waals surface area contributed by atoms with Crippen molar-refractivity contribution in [3.63, 3.8) is 0 Å². The molecule has 4 nitrogen and oxygen atoms in total. The van der Waals surface area contributed by atoms with Gasteiger partial charge >= 0.3 is 5.97 Å². The van der Waals surface area contributed by atoms with Crippen molar-refractivity contribution in [2.24, 2.45) is 5.92 Å². The molecule has 1 unspecified atom stereocenters. The van der Waals surface area contributed by atoms with E-state index in [1.54, 1.807) is 11.8 Å². The Morgan fingerprint density at radius 3 is 2.29 bits per heavy atom. The van der Waals surface area contributed by atoms with Crippen LogP contribution in [0.5, 0.6) is 0 Å². The first-order valence-electron chi connectivity index (χ1n) is 10.4. The summed E-state index contributed by atoms with van der Waals surface area (Å²) in [6.07, 6.45) is 6.93. The van der Waals surface area contributed by atoms with Crippen LogP contribution in [0.4, 0.5) is 0 Å². The molecule has 1 N–H and O–H groups in total. The number of nitrogens with zero attached hydrogens (tertiary/aromatic N) is 1. The van der Waals surface area contributed by atoms with Gasteiger partial charge < -0.3 is 10.0 Å². The molecule has 1 atom stereocenters. The summed E-state index contributed by atoms with van der Waals surface area (Å²) in [5.74, 6) is -0.367. The van der Waals surface area contributed by atoms with Crippen LogP contribution in [-0.4, -0.2) is 40.7 Å². The fourth-order valence-electron chi connectivity index (χ4n) is 3.03. The van der Waals surface area contributed by atoms with Gasteiger partial charge in [-0.1, -0.05) is 61.5 Å². The average Bonchev–Trinajstić information content (AvgIpc) is 2.66. The smallest absolute Gasteiger partial charge is 0.303 e. The maximum Gasteiger partial charge on any atom is 0.303 e. The van der Waals surface area contributed by atoms with Gasteiger partial charge in [0.05, 0.1) is 0 Å². The molecule has 0 aliphatic rings. The van der Waals surface area contributed by atoms with Gasteiger partial charge in [0, 0.05) is 40.5 Å². The molecule has 28 heavy (non-hydrogen) atoms. The summed E-state index contributed by atoms with van der Waals surface area (Å²) in [5.41, 5.74) is 0. The van der Waals surface area contributed by atoms with E-state index in [9.17, 15) is 9.59 Å². The van der Waals surface area contributed by atoms with Crippen LogP contribution in [0.25, 0.3) is 0 Å². The zero-order valence-corrected chi connectivity index (χ0v) is 19.6. The number of thioether (sulfide) groups is 1.